The van der Waals surface area contributed by atoms with Crippen LogP contribution in [0.15, 0.2) is 18.2 Å². The Bertz CT molecular complexity index is 455. The van der Waals surface area contributed by atoms with Crippen molar-refractivity contribution in [3.05, 3.63) is 29.8 Å². The second kappa shape index (κ2) is 5.08. The van der Waals surface area contributed by atoms with Gasteiger partial charge in [0.15, 0.2) is 0 Å². The molecule has 19 heavy (non-hydrogen) atoms. The fourth-order valence-corrected chi connectivity index (χ4v) is 3.45. The Balaban J connectivity index is 1.86. The standard InChI is InChI=1S/C15H20F2N2/c16-12-4-5-14(13(17)10-12)19-9-3-8-18-15(11-19)6-1-2-7-15/h4-5,10,18H,1-3,6-9,11H2. The summed E-state index contributed by atoms with van der Waals surface area (Å²) < 4.78 is 27.0. The first-order chi connectivity index (χ1) is 9.19. The van der Waals surface area contributed by atoms with Gasteiger partial charge in [0.1, 0.15) is 11.6 Å². The molecule has 1 aromatic rings. The van der Waals surface area contributed by atoms with Gasteiger partial charge in [0.2, 0.25) is 0 Å². The first-order valence-corrected chi connectivity index (χ1v) is 7.14. The Kier molecular flexibility index (Phi) is 3.44. The fourth-order valence-electron chi connectivity index (χ4n) is 3.45. The Morgan fingerprint density at radius 1 is 1.11 bits per heavy atom. The second-order valence-electron chi connectivity index (χ2n) is 5.79. The zero-order chi connectivity index (χ0) is 13.3. The van der Waals surface area contributed by atoms with Gasteiger partial charge in [-0.15, -0.1) is 0 Å². The first kappa shape index (κ1) is 12.9. The van der Waals surface area contributed by atoms with Gasteiger partial charge >= 0.3 is 0 Å². The maximum Gasteiger partial charge on any atom is 0.149 e. The van der Waals surface area contributed by atoms with Crippen molar-refractivity contribution in [2.24, 2.45) is 0 Å². The summed E-state index contributed by atoms with van der Waals surface area (Å²) in [5.74, 6) is -0.958. The highest BCUT2D eigenvalue weighted by Gasteiger charge is 2.36. The Labute approximate surface area is 112 Å². The van der Waals surface area contributed by atoms with E-state index in [4.69, 9.17) is 0 Å². The molecule has 1 aliphatic heterocycles. The molecule has 1 saturated carbocycles. The van der Waals surface area contributed by atoms with Crippen LogP contribution < -0.4 is 10.2 Å². The summed E-state index contributed by atoms with van der Waals surface area (Å²) in [6.07, 6.45) is 5.80. The van der Waals surface area contributed by atoms with E-state index < -0.39 is 11.6 Å². The van der Waals surface area contributed by atoms with E-state index in [1.54, 1.807) is 6.07 Å². The topological polar surface area (TPSA) is 15.3 Å². The third-order valence-corrected chi connectivity index (χ3v) is 4.41. The van der Waals surface area contributed by atoms with Crippen molar-refractivity contribution in [1.29, 1.82) is 0 Å². The van der Waals surface area contributed by atoms with Gasteiger partial charge in [0.25, 0.3) is 0 Å². The van der Waals surface area contributed by atoms with Crippen molar-refractivity contribution in [3.8, 4) is 0 Å². The molecule has 2 aliphatic rings. The lowest BCUT2D eigenvalue weighted by Crippen LogP contribution is -2.49. The van der Waals surface area contributed by atoms with E-state index in [2.05, 4.69) is 10.2 Å². The summed E-state index contributed by atoms with van der Waals surface area (Å²) in [6.45, 7) is 2.65. The molecule has 2 nitrogen and oxygen atoms in total. The molecule has 3 rings (SSSR count). The fraction of sp³-hybridized carbons (Fsp3) is 0.600. The summed E-state index contributed by atoms with van der Waals surface area (Å²) in [4.78, 5) is 2.08. The van der Waals surface area contributed by atoms with Gasteiger partial charge < -0.3 is 10.2 Å². The smallest absolute Gasteiger partial charge is 0.149 e. The van der Waals surface area contributed by atoms with Crippen molar-refractivity contribution >= 4 is 5.69 Å². The third-order valence-electron chi connectivity index (χ3n) is 4.41. The molecule has 1 spiro atoms. The van der Waals surface area contributed by atoms with Crippen molar-refractivity contribution in [3.63, 3.8) is 0 Å². The minimum Gasteiger partial charge on any atom is -0.367 e. The second-order valence-corrected chi connectivity index (χ2v) is 5.79. The van der Waals surface area contributed by atoms with Crippen molar-refractivity contribution < 1.29 is 8.78 Å². The van der Waals surface area contributed by atoms with E-state index >= 15 is 0 Å². The lowest BCUT2D eigenvalue weighted by Gasteiger charge is -2.34. The quantitative estimate of drug-likeness (QED) is 0.840. The SMILES string of the molecule is Fc1ccc(N2CCCNC3(CCCC3)C2)c(F)c1. The molecule has 1 heterocycles. The Morgan fingerprint density at radius 2 is 1.89 bits per heavy atom. The van der Waals surface area contributed by atoms with Crippen molar-refractivity contribution in [2.75, 3.05) is 24.5 Å². The number of anilines is 1. The van der Waals surface area contributed by atoms with Gasteiger partial charge in [0.05, 0.1) is 5.69 Å². The normalized spacial score (nSPS) is 22.7. The molecule has 0 bridgehead atoms. The zero-order valence-corrected chi connectivity index (χ0v) is 11.1. The number of halogens is 2. The van der Waals surface area contributed by atoms with E-state index in [9.17, 15) is 8.78 Å². The predicted octanol–water partition coefficient (Wildman–Crippen LogP) is 3.08. The van der Waals surface area contributed by atoms with Crippen molar-refractivity contribution in [1.82, 2.24) is 5.32 Å². The summed E-state index contributed by atoms with van der Waals surface area (Å²) in [7, 11) is 0. The monoisotopic (exact) mass is 266 g/mol. The molecular weight excluding hydrogens is 246 g/mol. The maximum absolute atomic E-state index is 13.9. The average molecular weight is 266 g/mol. The molecule has 0 unspecified atom stereocenters. The first-order valence-electron chi connectivity index (χ1n) is 7.14. The highest BCUT2D eigenvalue weighted by atomic mass is 19.1. The Hall–Kier alpha value is -1.16. The van der Waals surface area contributed by atoms with Gasteiger partial charge in [-0.05, 0) is 37.9 Å². The van der Waals surface area contributed by atoms with Gasteiger partial charge in [-0.25, -0.2) is 8.78 Å². The molecule has 1 saturated heterocycles. The summed E-state index contributed by atoms with van der Waals surface area (Å²) in [5.41, 5.74) is 0.675. The van der Waals surface area contributed by atoms with E-state index in [-0.39, 0.29) is 5.54 Å². The lowest BCUT2D eigenvalue weighted by molar-refractivity contribution is 0.354. The molecule has 104 valence electrons. The van der Waals surface area contributed by atoms with Crippen LogP contribution in [-0.4, -0.2) is 25.2 Å². The van der Waals surface area contributed by atoms with Crippen LogP contribution in [0, 0.1) is 11.6 Å². The van der Waals surface area contributed by atoms with Gasteiger partial charge in [-0.1, -0.05) is 12.8 Å². The number of hydrogen-bond acceptors (Lipinski definition) is 2. The molecule has 1 N–H and O–H groups in total. The zero-order valence-electron chi connectivity index (χ0n) is 11.1. The molecule has 0 aromatic heterocycles. The largest absolute Gasteiger partial charge is 0.367 e. The van der Waals surface area contributed by atoms with E-state index in [0.29, 0.717) is 5.69 Å². The molecule has 1 aromatic carbocycles. The predicted molar refractivity (Wildman–Crippen MR) is 72.4 cm³/mol. The average Bonchev–Trinajstić information content (AvgIpc) is 2.71. The highest BCUT2D eigenvalue weighted by molar-refractivity contribution is 5.48. The highest BCUT2D eigenvalue weighted by Crippen LogP contribution is 2.33. The van der Waals surface area contributed by atoms with Gasteiger partial charge in [-0.2, -0.15) is 0 Å². The van der Waals surface area contributed by atoms with Crippen LogP contribution in [0.3, 0.4) is 0 Å². The van der Waals surface area contributed by atoms with Crippen molar-refractivity contribution in [2.45, 2.75) is 37.6 Å². The van der Waals surface area contributed by atoms with Gasteiger partial charge in [0, 0.05) is 24.7 Å². The number of nitrogens with zero attached hydrogens (tertiary/aromatic N) is 1. The van der Waals surface area contributed by atoms with Crippen LogP contribution in [0.1, 0.15) is 32.1 Å². The maximum atomic E-state index is 13.9. The molecular formula is C15H20F2N2. The molecule has 1 aliphatic carbocycles. The van der Waals surface area contributed by atoms with E-state index in [1.165, 1.54) is 18.9 Å². The van der Waals surface area contributed by atoms with Crippen LogP contribution >= 0.6 is 0 Å². The number of benzene rings is 1. The van der Waals surface area contributed by atoms with Crippen LogP contribution in [-0.2, 0) is 0 Å². The number of hydrogen-bond donors (Lipinski definition) is 1. The molecule has 0 amide bonds. The van der Waals surface area contributed by atoms with Crippen LogP contribution in [0.5, 0.6) is 0 Å². The van der Waals surface area contributed by atoms with Gasteiger partial charge in [-0.3, -0.25) is 0 Å². The van der Waals surface area contributed by atoms with E-state index in [1.807, 2.05) is 0 Å². The third kappa shape index (κ3) is 2.59. The molecule has 2 fully saturated rings. The number of rotatable bonds is 1. The molecule has 0 radical (unpaired) electrons. The summed E-state index contributed by atoms with van der Waals surface area (Å²) >= 11 is 0. The number of nitrogens with one attached hydrogen (secondary N) is 1. The minimum atomic E-state index is -0.509. The summed E-state index contributed by atoms with van der Waals surface area (Å²) in [6, 6.07) is 3.89. The molecule has 0 atom stereocenters. The summed E-state index contributed by atoms with van der Waals surface area (Å²) in [5, 5.41) is 3.65. The van der Waals surface area contributed by atoms with Crippen LogP contribution in [0.4, 0.5) is 14.5 Å². The van der Waals surface area contributed by atoms with Crippen LogP contribution in [0.2, 0.25) is 0 Å². The Morgan fingerprint density at radius 3 is 2.63 bits per heavy atom. The van der Waals surface area contributed by atoms with Crippen LogP contribution in [0.25, 0.3) is 0 Å². The van der Waals surface area contributed by atoms with E-state index in [0.717, 1.165) is 45.0 Å². The minimum absolute atomic E-state index is 0.136. The molecule has 4 heteroatoms. The lowest BCUT2D eigenvalue weighted by atomic mass is 9.97.